The molecule has 0 bridgehead atoms. The molecule has 0 radical (unpaired) electrons. The van der Waals surface area contributed by atoms with E-state index >= 15 is 0 Å². The second-order valence-electron chi connectivity index (χ2n) is 6.32. The maximum atomic E-state index is 9.54. The molecule has 1 fully saturated rings. The number of aliphatic hydroxyl groups is 1. The van der Waals surface area contributed by atoms with Crippen molar-refractivity contribution in [3.8, 4) is 0 Å². The molecule has 1 aromatic carbocycles. The second-order valence-corrected chi connectivity index (χ2v) is 6.32. The molecule has 0 spiro atoms. The molecule has 4 nitrogen and oxygen atoms in total. The van der Waals surface area contributed by atoms with Crippen LogP contribution in [0.4, 0.5) is 5.69 Å². The maximum absolute atomic E-state index is 9.54. The maximum Gasteiger partial charge on any atom is 0.0606 e. The molecule has 0 saturated heterocycles. The van der Waals surface area contributed by atoms with Gasteiger partial charge in [0, 0.05) is 47.5 Å². The Balaban J connectivity index is 0.00000192. The van der Waals surface area contributed by atoms with Crippen LogP contribution in [-0.2, 0) is 0 Å². The minimum atomic E-state index is 0. The molecule has 2 aromatic rings. The number of nitrogens with two attached hydrogens (primary N) is 1. The fourth-order valence-electron chi connectivity index (χ4n) is 3.65. The van der Waals surface area contributed by atoms with Gasteiger partial charge in [0.15, 0.2) is 0 Å². The van der Waals surface area contributed by atoms with Gasteiger partial charge in [0.25, 0.3) is 0 Å². The van der Waals surface area contributed by atoms with Crippen LogP contribution in [0.5, 0.6) is 0 Å². The summed E-state index contributed by atoms with van der Waals surface area (Å²) in [4.78, 5) is 6.67. The number of fused-ring (bicyclic) bond motifs is 1. The normalized spacial score (nSPS) is 21.0. The minimum Gasteiger partial charge on any atom is -0.395 e. The molecule has 23 heavy (non-hydrogen) atoms. The molecule has 1 heterocycles. The summed E-state index contributed by atoms with van der Waals surface area (Å²) in [5.41, 5.74) is 8.45. The molecule has 1 aromatic heterocycles. The quantitative estimate of drug-likeness (QED) is 0.901. The van der Waals surface area contributed by atoms with Crippen LogP contribution in [0.2, 0.25) is 0 Å². The molecular weight excluding hydrogens is 310 g/mol. The summed E-state index contributed by atoms with van der Waals surface area (Å²) >= 11 is 0. The average molecular weight is 336 g/mol. The first-order valence-electron chi connectivity index (χ1n) is 8.17. The highest BCUT2D eigenvalue weighted by Gasteiger charge is 2.25. The first-order valence-corrected chi connectivity index (χ1v) is 8.17. The van der Waals surface area contributed by atoms with E-state index in [-0.39, 0.29) is 19.0 Å². The SMILES string of the molecule is Cc1cncc2cccc(N(CCO)[C@H]3CC[C@H](N)CC3)c12.Cl. The fourth-order valence-corrected chi connectivity index (χ4v) is 3.65. The van der Waals surface area contributed by atoms with Crippen LogP contribution in [0.1, 0.15) is 31.2 Å². The third-order valence-corrected chi connectivity index (χ3v) is 4.78. The lowest BCUT2D eigenvalue weighted by molar-refractivity contribution is 0.287. The van der Waals surface area contributed by atoms with Crippen molar-refractivity contribution in [1.82, 2.24) is 4.98 Å². The number of benzene rings is 1. The summed E-state index contributed by atoms with van der Waals surface area (Å²) in [6, 6.07) is 7.15. The Kier molecular flexibility index (Phi) is 6.22. The van der Waals surface area contributed by atoms with Crippen molar-refractivity contribution in [3.05, 3.63) is 36.2 Å². The number of halogens is 1. The largest absolute Gasteiger partial charge is 0.395 e. The van der Waals surface area contributed by atoms with Crippen LogP contribution >= 0.6 is 12.4 Å². The van der Waals surface area contributed by atoms with Gasteiger partial charge >= 0.3 is 0 Å². The van der Waals surface area contributed by atoms with Gasteiger partial charge < -0.3 is 15.7 Å². The Morgan fingerprint density at radius 1 is 1.22 bits per heavy atom. The summed E-state index contributed by atoms with van der Waals surface area (Å²) < 4.78 is 0. The number of aliphatic hydroxyl groups excluding tert-OH is 1. The lowest BCUT2D eigenvalue weighted by Crippen LogP contribution is -2.42. The number of pyridine rings is 1. The van der Waals surface area contributed by atoms with Crippen LogP contribution in [0.25, 0.3) is 10.8 Å². The Bertz CT molecular complexity index is 636. The Morgan fingerprint density at radius 2 is 1.96 bits per heavy atom. The number of anilines is 1. The van der Waals surface area contributed by atoms with E-state index in [0.717, 1.165) is 31.1 Å². The predicted molar refractivity (Wildman–Crippen MR) is 98.4 cm³/mol. The Labute approximate surface area is 144 Å². The number of rotatable bonds is 4. The fraction of sp³-hybridized carbons (Fsp3) is 0.500. The van der Waals surface area contributed by atoms with Gasteiger partial charge in [0.1, 0.15) is 0 Å². The van der Waals surface area contributed by atoms with Gasteiger partial charge in [0.05, 0.1) is 6.61 Å². The summed E-state index contributed by atoms with van der Waals surface area (Å²) in [6.45, 7) is 2.94. The summed E-state index contributed by atoms with van der Waals surface area (Å²) in [5, 5.41) is 12.0. The van der Waals surface area contributed by atoms with Crippen LogP contribution in [0, 0.1) is 6.92 Å². The molecule has 1 saturated carbocycles. The van der Waals surface area contributed by atoms with E-state index in [0.29, 0.717) is 18.6 Å². The van der Waals surface area contributed by atoms with E-state index in [2.05, 4.69) is 35.0 Å². The van der Waals surface area contributed by atoms with E-state index in [1.165, 1.54) is 16.6 Å². The summed E-state index contributed by atoms with van der Waals surface area (Å²) in [7, 11) is 0. The predicted octanol–water partition coefficient (Wildman–Crippen LogP) is 3.03. The van der Waals surface area contributed by atoms with Gasteiger partial charge in [-0.3, -0.25) is 4.98 Å². The third kappa shape index (κ3) is 3.77. The van der Waals surface area contributed by atoms with E-state index < -0.39 is 0 Å². The highest BCUT2D eigenvalue weighted by molar-refractivity contribution is 5.96. The zero-order valence-corrected chi connectivity index (χ0v) is 14.4. The van der Waals surface area contributed by atoms with Crippen molar-refractivity contribution in [2.75, 3.05) is 18.1 Å². The standard InChI is InChI=1S/C18H25N3O.ClH/c1-13-11-20-12-14-3-2-4-17(18(13)14)21(9-10-22)16-7-5-15(19)6-8-16;/h2-4,11-12,15-16,22H,5-10,19H2,1H3;1H/t15-,16-;. The van der Waals surface area contributed by atoms with Gasteiger partial charge in [-0.25, -0.2) is 0 Å². The molecule has 0 aliphatic heterocycles. The number of nitrogens with zero attached hydrogens (tertiary/aromatic N) is 2. The lowest BCUT2D eigenvalue weighted by Gasteiger charge is -2.38. The molecular formula is C18H26ClN3O. The molecule has 3 N–H and O–H groups in total. The van der Waals surface area contributed by atoms with Crippen molar-refractivity contribution in [3.63, 3.8) is 0 Å². The molecule has 3 rings (SSSR count). The summed E-state index contributed by atoms with van der Waals surface area (Å²) in [6.07, 6.45) is 8.17. The van der Waals surface area contributed by atoms with E-state index in [4.69, 9.17) is 5.73 Å². The van der Waals surface area contributed by atoms with Crippen molar-refractivity contribution in [1.29, 1.82) is 0 Å². The van der Waals surface area contributed by atoms with E-state index in [1.54, 1.807) is 0 Å². The van der Waals surface area contributed by atoms with Crippen LogP contribution in [0.3, 0.4) is 0 Å². The van der Waals surface area contributed by atoms with Crippen molar-refractivity contribution in [2.45, 2.75) is 44.7 Å². The number of hydrogen-bond acceptors (Lipinski definition) is 4. The number of aryl methyl sites for hydroxylation is 1. The van der Waals surface area contributed by atoms with Crippen LogP contribution in [0.15, 0.2) is 30.6 Å². The smallest absolute Gasteiger partial charge is 0.0606 e. The highest BCUT2D eigenvalue weighted by Crippen LogP contribution is 2.33. The molecule has 1 aliphatic rings. The molecule has 5 heteroatoms. The molecule has 0 unspecified atom stereocenters. The van der Waals surface area contributed by atoms with E-state index in [9.17, 15) is 5.11 Å². The monoisotopic (exact) mass is 335 g/mol. The second kappa shape index (κ2) is 7.95. The topological polar surface area (TPSA) is 62.4 Å². The van der Waals surface area contributed by atoms with Crippen LogP contribution < -0.4 is 10.6 Å². The zero-order chi connectivity index (χ0) is 15.5. The van der Waals surface area contributed by atoms with Gasteiger partial charge in [-0.1, -0.05) is 12.1 Å². The van der Waals surface area contributed by atoms with Gasteiger partial charge in [-0.05, 0) is 44.2 Å². The number of hydrogen-bond donors (Lipinski definition) is 2. The van der Waals surface area contributed by atoms with Crippen molar-refractivity contribution < 1.29 is 5.11 Å². The highest BCUT2D eigenvalue weighted by atomic mass is 35.5. The first kappa shape index (κ1) is 18.0. The number of aromatic nitrogens is 1. The lowest BCUT2D eigenvalue weighted by atomic mass is 9.90. The molecule has 0 amide bonds. The molecule has 1 aliphatic carbocycles. The Morgan fingerprint density at radius 3 is 2.65 bits per heavy atom. The average Bonchev–Trinajstić information content (AvgIpc) is 2.53. The third-order valence-electron chi connectivity index (χ3n) is 4.78. The van der Waals surface area contributed by atoms with E-state index in [1.807, 2.05) is 12.4 Å². The van der Waals surface area contributed by atoms with Crippen LogP contribution in [-0.4, -0.2) is 35.3 Å². The Hall–Kier alpha value is -1.36. The van der Waals surface area contributed by atoms with Crippen molar-refractivity contribution >= 4 is 28.9 Å². The van der Waals surface area contributed by atoms with Gasteiger partial charge in [-0.2, -0.15) is 0 Å². The molecule has 126 valence electrons. The summed E-state index contributed by atoms with van der Waals surface area (Å²) in [5.74, 6) is 0. The van der Waals surface area contributed by atoms with Gasteiger partial charge in [-0.15, -0.1) is 12.4 Å². The minimum absolute atomic E-state index is 0. The molecule has 0 atom stereocenters. The van der Waals surface area contributed by atoms with Gasteiger partial charge in [0.2, 0.25) is 0 Å². The zero-order valence-electron chi connectivity index (χ0n) is 13.6. The van der Waals surface area contributed by atoms with Crippen molar-refractivity contribution in [2.24, 2.45) is 5.73 Å². The first-order chi connectivity index (χ1) is 10.7.